The lowest BCUT2D eigenvalue weighted by molar-refractivity contribution is 0.275. The molecule has 0 heterocycles. The molecule has 1 heteroatoms. The van der Waals surface area contributed by atoms with Crippen LogP contribution in [0.3, 0.4) is 0 Å². The Labute approximate surface area is 104 Å². The van der Waals surface area contributed by atoms with Crippen molar-refractivity contribution in [3.8, 4) is 0 Å². The van der Waals surface area contributed by atoms with E-state index in [4.69, 9.17) is 5.73 Å². The van der Waals surface area contributed by atoms with Crippen molar-refractivity contribution < 1.29 is 0 Å². The minimum absolute atomic E-state index is 0.0856. The van der Waals surface area contributed by atoms with Gasteiger partial charge in [0, 0.05) is 12.0 Å². The summed E-state index contributed by atoms with van der Waals surface area (Å²) in [4.78, 5) is 0. The van der Waals surface area contributed by atoms with Gasteiger partial charge in [-0.15, -0.1) is 0 Å². The van der Waals surface area contributed by atoms with Crippen molar-refractivity contribution in [2.24, 2.45) is 17.1 Å². The molecule has 0 saturated heterocycles. The van der Waals surface area contributed by atoms with E-state index in [1.807, 2.05) is 6.07 Å². The largest absolute Gasteiger partial charge is 0.323 e. The molecule has 17 heavy (non-hydrogen) atoms. The number of nitrogens with two attached hydrogens (primary N) is 1. The van der Waals surface area contributed by atoms with Crippen molar-refractivity contribution in [1.29, 1.82) is 0 Å². The number of rotatable bonds is 1. The van der Waals surface area contributed by atoms with E-state index in [2.05, 4.69) is 63.3 Å². The van der Waals surface area contributed by atoms with Crippen LogP contribution in [-0.2, 0) is 0 Å². The first-order valence-corrected chi connectivity index (χ1v) is 6.19. The Balaban J connectivity index is 2.32. The zero-order valence-corrected chi connectivity index (χ0v) is 10.9. The first-order chi connectivity index (χ1) is 8.00. The van der Waals surface area contributed by atoms with Crippen molar-refractivity contribution in [2.75, 3.05) is 0 Å². The van der Waals surface area contributed by atoms with Crippen molar-refractivity contribution >= 4 is 5.57 Å². The molecule has 0 fully saturated rings. The summed E-state index contributed by atoms with van der Waals surface area (Å²) in [7, 11) is 0. The van der Waals surface area contributed by atoms with Gasteiger partial charge in [-0.2, -0.15) is 0 Å². The highest BCUT2D eigenvalue weighted by Gasteiger charge is 2.31. The second-order valence-electron chi connectivity index (χ2n) is 5.79. The maximum Gasteiger partial charge on any atom is 0.0369 e. The molecule has 0 aromatic heterocycles. The van der Waals surface area contributed by atoms with Crippen molar-refractivity contribution in [1.82, 2.24) is 0 Å². The summed E-state index contributed by atoms with van der Waals surface area (Å²) in [5, 5.41) is 0. The molecule has 0 aliphatic heterocycles. The molecule has 90 valence electrons. The van der Waals surface area contributed by atoms with Gasteiger partial charge in [0.2, 0.25) is 0 Å². The van der Waals surface area contributed by atoms with Gasteiger partial charge >= 0.3 is 0 Å². The van der Waals surface area contributed by atoms with Crippen LogP contribution in [0.25, 0.3) is 5.57 Å². The molecule has 2 N–H and O–H groups in total. The van der Waals surface area contributed by atoms with E-state index in [1.54, 1.807) is 0 Å². The van der Waals surface area contributed by atoms with Crippen LogP contribution in [0.4, 0.5) is 0 Å². The molecule has 1 aliphatic carbocycles. The van der Waals surface area contributed by atoms with E-state index in [-0.39, 0.29) is 11.5 Å². The van der Waals surface area contributed by atoms with Gasteiger partial charge in [-0.1, -0.05) is 69.3 Å². The van der Waals surface area contributed by atoms with E-state index >= 15 is 0 Å². The highest BCUT2D eigenvalue weighted by Crippen LogP contribution is 2.36. The van der Waals surface area contributed by atoms with Gasteiger partial charge in [0.05, 0.1) is 0 Å². The third-order valence-corrected chi connectivity index (χ3v) is 3.45. The Kier molecular flexibility index (Phi) is 3.21. The fourth-order valence-corrected chi connectivity index (χ4v) is 2.45. The van der Waals surface area contributed by atoms with Gasteiger partial charge in [0.25, 0.3) is 0 Å². The number of allylic oxidation sites excluding steroid dienone is 2. The molecule has 1 aromatic rings. The molecule has 0 saturated carbocycles. The molecule has 0 spiro atoms. The Hall–Kier alpha value is -1.34. The van der Waals surface area contributed by atoms with Crippen LogP contribution in [0.2, 0.25) is 0 Å². The molecule has 1 aliphatic rings. The topological polar surface area (TPSA) is 26.0 Å². The van der Waals surface area contributed by atoms with Crippen LogP contribution in [0, 0.1) is 11.3 Å². The molecule has 0 amide bonds. The Morgan fingerprint density at radius 1 is 1.06 bits per heavy atom. The zero-order chi connectivity index (χ0) is 12.5. The SMILES string of the molecule is CC(C)(C)C1C=CC=C(c2ccccc2)C1N. The number of benzene rings is 1. The maximum atomic E-state index is 6.42. The maximum absolute atomic E-state index is 6.42. The van der Waals surface area contributed by atoms with Crippen molar-refractivity contribution in [3.05, 3.63) is 54.1 Å². The van der Waals surface area contributed by atoms with Gasteiger partial charge in [0.1, 0.15) is 0 Å². The lowest BCUT2D eigenvalue weighted by Crippen LogP contribution is -2.39. The normalized spacial score (nSPS) is 24.6. The summed E-state index contributed by atoms with van der Waals surface area (Å²) < 4.78 is 0. The van der Waals surface area contributed by atoms with Gasteiger partial charge in [0.15, 0.2) is 0 Å². The fourth-order valence-electron chi connectivity index (χ4n) is 2.45. The van der Waals surface area contributed by atoms with Crippen LogP contribution >= 0.6 is 0 Å². The lowest BCUT2D eigenvalue weighted by atomic mass is 9.71. The van der Waals surface area contributed by atoms with Gasteiger partial charge < -0.3 is 5.73 Å². The third kappa shape index (κ3) is 2.50. The molecule has 2 atom stereocenters. The predicted octanol–water partition coefficient (Wildman–Crippen LogP) is 3.63. The summed E-state index contributed by atoms with van der Waals surface area (Å²) >= 11 is 0. The summed E-state index contributed by atoms with van der Waals surface area (Å²) in [6, 6.07) is 10.5. The minimum atomic E-state index is 0.0856. The standard InChI is InChI=1S/C16H21N/c1-16(2,3)14-11-7-10-13(15(14)17)12-8-5-4-6-9-12/h4-11,14-15H,17H2,1-3H3. The average molecular weight is 227 g/mol. The molecular weight excluding hydrogens is 206 g/mol. The van der Waals surface area contributed by atoms with Crippen LogP contribution in [-0.4, -0.2) is 6.04 Å². The Morgan fingerprint density at radius 3 is 2.29 bits per heavy atom. The molecule has 2 rings (SSSR count). The summed E-state index contributed by atoms with van der Waals surface area (Å²) in [5.74, 6) is 0.391. The van der Waals surface area contributed by atoms with Crippen molar-refractivity contribution in [3.63, 3.8) is 0 Å². The van der Waals surface area contributed by atoms with Crippen LogP contribution in [0.15, 0.2) is 48.6 Å². The van der Waals surface area contributed by atoms with E-state index in [1.165, 1.54) is 11.1 Å². The number of hydrogen-bond acceptors (Lipinski definition) is 1. The van der Waals surface area contributed by atoms with Gasteiger partial charge in [-0.05, 0) is 16.6 Å². The first kappa shape index (κ1) is 12.1. The lowest BCUT2D eigenvalue weighted by Gasteiger charge is -2.36. The van der Waals surface area contributed by atoms with E-state index < -0.39 is 0 Å². The van der Waals surface area contributed by atoms with E-state index in [0.29, 0.717) is 5.92 Å². The van der Waals surface area contributed by atoms with Crippen LogP contribution in [0.1, 0.15) is 26.3 Å². The Bertz CT molecular complexity index is 434. The molecule has 0 radical (unpaired) electrons. The highest BCUT2D eigenvalue weighted by atomic mass is 14.7. The molecule has 1 aromatic carbocycles. The minimum Gasteiger partial charge on any atom is -0.323 e. The second kappa shape index (κ2) is 4.50. The molecule has 1 nitrogen and oxygen atoms in total. The van der Waals surface area contributed by atoms with Gasteiger partial charge in [-0.25, -0.2) is 0 Å². The highest BCUT2D eigenvalue weighted by molar-refractivity contribution is 5.72. The summed E-state index contributed by atoms with van der Waals surface area (Å²) in [6.45, 7) is 6.74. The van der Waals surface area contributed by atoms with E-state index in [0.717, 1.165) is 0 Å². The second-order valence-corrected chi connectivity index (χ2v) is 5.79. The molecular formula is C16H21N. The molecule has 2 unspecified atom stereocenters. The smallest absolute Gasteiger partial charge is 0.0369 e. The van der Waals surface area contributed by atoms with Crippen LogP contribution in [0.5, 0.6) is 0 Å². The van der Waals surface area contributed by atoms with Crippen molar-refractivity contribution in [2.45, 2.75) is 26.8 Å². The summed E-state index contributed by atoms with van der Waals surface area (Å²) in [6.07, 6.45) is 6.51. The predicted molar refractivity (Wildman–Crippen MR) is 74.5 cm³/mol. The Morgan fingerprint density at radius 2 is 1.71 bits per heavy atom. The number of hydrogen-bond donors (Lipinski definition) is 1. The fraction of sp³-hybridized carbons (Fsp3) is 0.375. The first-order valence-electron chi connectivity index (χ1n) is 6.19. The third-order valence-electron chi connectivity index (χ3n) is 3.45. The average Bonchev–Trinajstić information content (AvgIpc) is 2.29. The summed E-state index contributed by atoms with van der Waals surface area (Å²) in [5.41, 5.74) is 9.10. The van der Waals surface area contributed by atoms with Crippen LogP contribution < -0.4 is 5.73 Å². The van der Waals surface area contributed by atoms with Gasteiger partial charge in [-0.3, -0.25) is 0 Å². The van der Waals surface area contributed by atoms with E-state index in [9.17, 15) is 0 Å². The quantitative estimate of drug-likeness (QED) is 0.779. The zero-order valence-electron chi connectivity index (χ0n) is 10.9. The molecule has 0 bridgehead atoms. The monoisotopic (exact) mass is 227 g/mol.